The van der Waals surface area contributed by atoms with Crippen LogP contribution in [0, 0.1) is 0 Å². The van der Waals surface area contributed by atoms with Gasteiger partial charge in [-0.3, -0.25) is 9.69 Å². The molecule has 3 heterocycles. The van der Waals surface area contributed by atoms with E-state index >= 15 is 0 Å². The Hall–Kier alpha value is -2.15. The molecule has 0 aliphatic carbocycles. The third-order valence-corrected chi connectivity index (χ3v) is 4.15. The van der Waals surface area contributed by atoms with Crippen LogP contribution in [-0.4, -0.2) is 49.9 Å². The largest absolute Gasteiger partial charge is 0.364 e. The molecule has 2 N–H and O–H groups in total. The van der Waals surface area contributed by atoms with E-state index in [1.807, 2.05) is 30.8 Å². The number of nitrogens with zero attached hydrogens (tertiary/aromatic N) is 4. The summed E-state index contributed by atoms with van der Waals surface area (Å²) in [6, 6.07) is 4.57. The normalized spacial score (nSPS) is 16.8. The lowest BCUT2D eigenvalue weighted by atomic mass is 10.1. The van der Waals surface area contributed by atoms with Gasteiger partial charge in [-0.15, -0.1) is 5.10 Å². The summed E-state index contributed by atoms with van der Waals surface area (Å²) in [5, 5.41) is 11.0. The lowest BCUT2D eigenvalue weighted by Gasteiger charge is -2.31. The first-order valence-corrected chi connectivity index (χ1v) is 8.19. The average Bonchev–Trinajstić information content (AvgIpc) is 3.18. The van der Waals surface area contributed by atoms with Gasteiger partial charge in [0.1, 0.15) is 0 Å². The van der Waals surface area contributed by atoms with E-state index in [-0.39, 0.29) is 11.9 Å². The quantitative estimate of drug-likeness (QED) is 0.878. The number of carbonyl (C=O) groups is 1. The van der Waals surface area contributed by atoms with Gasteiger partial charge in [-0.1, -0.05) is 5.21 Å². The van der Waals surface area contributed by atoms with E-state index in [1.165, 1.54) is 5.69 Å². The van der Waals surface area contributed by atoms with Crippen molar-refractivity contribution in [1.29, 1.82) is 0 Å². The van der Waals surface area contributed by atoms with Crippen LogP contribution in [0.5, 0.6) is 0 Å². The summed E-state index contributed by atoms with van der Waals surface area (Å²) < 4.78 is 1.85. The molecule has 2 aromatic heterocycles. The highest BCUT2D eigenvalue weighted by Gasteiger charge is 2.23. The monoisotopic (exact) mass is 316 g/mol. The molecule has 124 valence electrons. The fourth-order valence-corrected chi connectivity index (χ4v) is 2.94. The SMILES string of the molecule is CC(C)NC(=O)c1cn(C2CCN(Cc3ccc[nH]3)CC2)nn1. The lowest BCUT2D eigenvalue weighted by Crippen LogP contribution is -2.34. The maximum absolute atomic E-state index is 11.9. The zero-order valence-electron chi connectivity index (χ0n) is 13.7. The molecule has 1 aliphatic rings. The third kappa shape index (κ3) is 3.98. The van der Waals surface area contributed by atoms with Gasteiger partial charge in [-0.05, 0) is 38.8 Å². The number of piperidine rings is 1. The van der Waals surface area contributed by atoms with Crippen LogP contribution in [-0.2, 0) is 6.54 Å². The molecule has 1 saturated heterocycles. The van der Waals surface area contributed by atoms with Crippen molar-refractivity contribution in [3.05, 3.63) is 35.9 Å². The maximum Gasteiger partial charge on any atom is 0.273 e. The minimum absolute atomic E-state index is 0.101. The third-order valence-electron chi connectivity index (χ3n) is 4.15. The number of hydrogen-bond acceptors (Lipinski definition) is 4. The summed E-state index contributed by atoms with van der Waals surface area (Å²) >= 11 is 0. The Balaban J connectivity index is 1.53. The van der Waals surface area contributed by atoms with Crippen LogP contribution in [0.4, 0.5) is 0 Å². The van der Waals surface area contributed by atoms with Crippen molar-refractivity contribution >= 4 is 5.91 Å². The number of carbonyl (C=O) groups excluding carboxylic acids is 1. The summed E-state index contributed by atoms with van der Waals surface area (Å²) in [4.78, 5) is 17.6. The Bertz CT molecular complexity index is 625. The zero-order chi connectivity index (χ0) is 16.2. The molecule has 2 aromatic rings. The molecular formula is C16H24N6O. The summed E-state index contributed by atoms with van der Waals surface area (Å²) in [5.74, 6) is -0.157. The first-order valence-electron chi connectivity index (χ1n) is 8.19. The number of nitrogens with one attached hydrogen (secondary N) is 2. The minimum atomic E-state index is -0.157. The summed E-state index contributed by atoms with van der Waals surface area (Å²) in [5.41, 5.74) is 1.64. The van der Waals surface area contributed by atoms with Crippen molar-refractivity contribution in [3.63, 3.8) is 0 Å². The van der Waals surface area contributed by atoms with Crippen molar-refractivity contribution < 1.29 is 4.79 Å². The van der Waals surface area contributed by atoms with Gasteiger partial charge in [0.15, 0.2) is 5.69 Å². The van der Waals surface area contributed by atoms with Gasteiger partial charge in [-0.2, -0.15) is 0 Å². The molecule has 1 aliphatic heterocycles. The second kappa shape index (κ2) is 6.95. The molecule has 1 amide bonds. The van der Waals surface area contributed by atoms with Gasteiger partial charge >= 0.3 is 0 Å². The van der Waals surface area contributed by atoms with E-state index in [0.29, 0.717) is 11.7 Å². The maximum atomic E-state index is 11.9. The van der Waals surface area contributed by atoms with Crippen LogP contribution < -0.4 is 5.32 Å². The molecule has 0 spiro atoms. The van der Waals surface area contributed by atoms with Crippen LogP contribution in [0.3, 0.4) is 0 Å². The van der Waals surface area contributed by atoms with E-state index in [1.54, 1.807) is 6.20 Å². The Morgan fingerprint density at radius 1 is 1.43 bits per heavy atom. The highest BCUT2D eigenvalue weighted by Crippen LogP contribution is 2.22. The number of aromatic nitrogens is 4. The first-order chi connectivity index (χ1) is 11.1. The standard InChI is InChI=1S/C16H24N6O/c1-12(2)18-16(23)15-11-22(20-19-15)14-5-8-21(9-6-14)10-13-4-3-7-17-13/h3-4,7,11-12,14,17H,5-6,8-10H2,1-2H3,(H,18,23). The van der Waals surface area contributed by atoms with Crippen molar-refractivity contribution in [2.24, 2.45) is 0 Å². The minimum Gasteiger partial charge on any atom is -0.364 e. The van der Waals surface area contributed by atoms with Gasteiger partial charge < -0.3 is 10.3 Å². The number of rotatable bonds is 5. The van der Waals surface area contributed by atoms with Crippen molar-refractivity contribution in [3.8, 4) is 0 Å². The zero-order valence-corrected chi connectivity index (χ0v) is 13.7. The smallest absolute Gasteiger partial charge is 0.273 e. The average molecular weight is 316 g/mol. The highest BCUT2D eigenvalue weighted by molar-refractivity contribution is 5.91. The van der Waals surface area contributed by atoms with Crippen LogP contribution in [0.1, 0.15) is 48.9 Å². The number of likely N-dealkylation sites (tertiary alicyclic amines) is 1. The Kier molecular flexibility index (Phi) is 4.76. The van der Waals surface area contributed by atoms with E-state index in [2.05, 4.69) is 31.6 Å². The molecule has 0 saturated carbocycles. The molecule has 0 radical (unpaired) electrons. The topological polar surface area (TPSA) is 78.8 Å². The van der Waals surface area contributed by atoms with Gasteiger partial charge in [0.05, 0.1) is 12.2 Å². The second-order valence-electron chi connectivity index (χ2n) is 6.41. The highest BCUT2D eigenvalue weighted by atomic mass is 16.2. The Morgan fingerprint density at radius 3 is 2.87 bits per heavy atom. The molecule has 0 unspecified atom stereocenters. The predicted molar refractivity (Wildman–Crippen MR) is 87.0 cm³/mol. The molecule has 23 heavy (non-hydrogen) atoms. The Morgan fingerprint density at radius 2 is 2.22 bits per heavy atom. The first kappa shape index (κ1) is 15.7. The molecule has 0 bridgehead atoms. The molecule has 1 fully saturated rings. The summed E-state index contributed by atoms with van der Waals surface area (Å²) in [6.45, 7) is 6.87. The van der Waals surface area contributed by atoms with Crippen LogP contribution in [0.2, 0.25) is 0 Å². The molecule has 3 rings (SSSR count). The summed E-state index contributed by atoms with van der Waals surface area (Å²) in [7, 11) is 0. The molecule has 0 aromatic carbocycles. The van der Waals surface area contributed by atoms with Crippen LogP contribution >= 0.6 is 0 Å². The van der Waals surface area contributed by atoms with E-state index in [4.69, 9.17) is 0 Å². The Labute approximate surface area is 136 Å². The van der Waals surface area contributed by atoms with Gasteiger partial charge in [0.25, 0.3) is 5.91 Å². The van der Waals surface area contributed by atoms with E-state index in [0.717, 1.165) is 32.5 Å². The molecule has 7 nitrogen and oxygen atoms in total. The molecule has 0 atom stereocenters. The van der Waals surface area contributed by atoms with Crippen molar-refractivity contribution in [2.75, 3.05) is 13.1 Å². The number of hydrogen-bond donors (Lipinski definition) is 2. The number of amides is 1. The molecule has 7 heteroatoms. The predicted octanol–water partition coefficient (Wildman–Crippen LogP) is 1.58. The van der Waals surface area contributed by atoms with Crippen LogP contribution in [0.15, 0.2) is 24.5 Å². The fraction of sp³-hybridized carbons (Fsp3) is 0.562. The fourth-order valence-electron chi connectivity index (χ4n) is 2.94. The lowest BCUT2D eigenvalue weighted by molar-refractivity contribution is 0.0938. The van der Waals surface area contributed by atoms with Gasteiger partial charge in [-0.25, -0.2) is 4.68 Å². The van der Waals surface area contributed by atoms with Crippen molar-refractivity contribution in [1.82, 2.24) is 30.2 Å². The number of aromatic amines is 1. The van der Waals surface area contributed by atoms with Gasteiger partial charge in [0, 0.05) is 37.6 Å². The van der Waals surface area contributed by atoms with Crippen molar-refractivity contribution in [2.45, 2.75) is 45.3 Å². The second-order valence-corrected chi connectivity index (χ2v) is 6.41. The molecular weight excluding hydrogens is 292 g/mol. The number of H-pyrrole nitrogens is 1. The van der Waals surface area contributed by atoms with E-state index < -0.39 is 0 Å². The van der Waals surface area contributed by atoms with Crippen LogP contribution in [0.25, 0.3) is 0 Å². The van der Waals surface area contributed by atoms with Gasteiger partial charge in [0.2, 0.25) is 0 Å². The summed E-state index contributed by atoms with van der Waals surface area (Å²) in [6.07, 6.45) is 5.77. The van der Waals surface area contributed by atoms with E-state index in [9.17, 15) is 4.79 Å².